The van der Waals surface area contributed by atoms with Crippen LogP contribution in [-0.2, 0) is 0 Å². The van der Waals surface area contributed by atoms with Gasteiger partial charge in [-0.15, -0.1) is 0 Å². The Morgan fingerprint density at radius 1 is 1.30 bits per heavy atom. The molecular weight excluding hydrogens is 404 g/mol. The molecule has 5 rings (SSSR count). The predicted molar refractivity (Wildman–Crippen MR) is 113 cm³/mol. The van der Waals surface area contributed by atoms with E-state index in [4.69, 9.17) is 16.1 Å². The Kier molecular flexibility index (Phi) is 4.80. The molecule has 152 valence electrons. The van der Waals surface area contributed by atoms with Gasteiger partial charge in [-0.3, -0.25) is 10.1 Å². The van der Waals surface area contributed by atoms with E-state index in [1.807, 2.05) is 31.2 Å². The fraction of sp³-hybridized carbons (Fsp3) is 0.250. The van der Waals surface area contributed by atoms with Crippen molar-refractivity contribution < 1.29 is 4.52 Å². The molecule has 1 aliphatic heterocycles. The maximum atomic E-state index is 6.31. The lowest BCUT2D eigenvalue weighted by Crippen LogP contribution is -2.24. The summed E-state index contributed by atoms with van der Waals surface area (Å²) in [5, 5.41) is 14.9. The minimum Gasteiger partial charge on any atom is -0.359 e. The van der Waals surface area contributed by atoms with Crippen molar-refractivity contribution in [2.75, 3.05) is 16.8 Å². The Morgan fingerprint density at radius 3 is 3.03 bits per heavy atom. The summed E-state index contributed by atoms with van der Waals surface area (Å²) in [6.07, 6.45) is 7.03. The van der Waals surface area contributed by atoms with Gasteiger partial charge in [-0.1, -0.05) is 16.8 Å². The Balaban J connectivity index is 1.41. The minimum atomic E-state index is 0.00424. The summed E-state index contributed by atoms with van der Waals surface area (Å²) in [4.78, 5) is 15.4. The van der Waals surface area contributed by atoms with Crippen molar-refractivity contribution in [1.29, 1.82) is 0 Å². The number of hydrogen-bond acceptors (Lipinski definition) is 8. The molecule has 0 spiro atoms. The zero-order valence-electron chi connectivity index (χ0n) is 16.2. The van der Waals surface area contributed by atoms with E-state index in [2.05, 4.69) is 40.5 Å². The second kappa shape index (κ2) is 7.75. The maximum Gasteiger partial charge on any atom is 0.228 e. The molecule has 0 bridgehead atoms. The van der Waals surface area contributed by atoms with E-state index in [1.54, 1.807) is 18.6 Å². The van der Waals surface area contributed by atoms with Crippen molar-refractivity contribution >= 4 is 29.2 Å². The van der Waals surface area contributed by atoms with Gasteiger partial charge in [0.05, 0.1) is 12.2 Å². The molecule has 1 atom stereocenters. The van der Waals surface area contributed by atoms with Gasteiger partial charge in [0.2, 0.25) is 5.95 Å². The fourth-order valence-electron chi connectivity index (χ4n) is 3.59. The van der Waals surface area contributed by atoms with Crippen LogP contribution in [0.1, 0.15) is 30.3 Å². The number of hydrogen-bond donors (Lipinski definition) is 2. The molecule has 0 aliphatic carbocycles. The summed E-state index contributed by atoms with van der Waals surface area (Å²) in [6.45, 7) is 2.74. The fourth-order valence-corrected chi connectivity index (χ4v) is 3.72. The first-order chi connectivity index (χ1) is 14.7. The van der Waals surface area contributed by atoms with Gasteiger partial charge >= 0.3 is 0 Å². The molecule has 4 aromatic rings. The Labute approximate surface area is 177 Å². The third-order valence-corrected chi connectivity index (χ3v) is 5.28. The first kappa shape index (κ1) is 18.6. The van der Waals surface area contributed by atoms with Gasteiger partial charge in [-0.25, -0.2) is 4.98 Å². The standard InChI is InChI=1S/C20H19ClN8O/c1-12-8-18(27-26-12)24-19-14(21)11-23-20(25-19)29-7-3-5-16(29)17-9-15(28-30-17)13-4-2-6-22-10-13/h2,4,6,8-11,16H,3,5,7H2,1H3,(H2,23,24,25,26,27). The van der Waals surface area contributed by atoms with Crippen LogP contribution in [-0.4, -0.2) is 36.9 Å². The van der Waals surface area contributed by atoms with Gasteiger partial charge < -0.3 is 14.7 Å². The maximum absolute atomic E-state index is 6.31. The molecule has 0 amide bonds. The van der Waals surface area contributed by atoms with Gasteiger partial charge in [-0.2, -0.15) is 10.1 Å². The molecule has 5 heterocycles. The minimum absolute atomic E-state index is 0.00424. The molecule has 1 aliphatic rings. The molecule has 4 aromatic heterocycles. The Morgan fingerprint density at radius 2 is 2.23 bits per heavy atom. The first-order valence-corrected chi connectivity index (χ1v) is 10.0. The lowest BCUT2D eigenvalue weighted by molar-refractivity contribution is 0.362. The number of halogens is 1. The van der Waals surface area contributed by atoms with Gasteiger partial charge in [0.15, 0.2) is 17.4 Å². The summed E-state index contributed by atoms with van der Waals surface area (Å²) >= 11 is 6.31. The quantitative estimate of drug-likeness (QED) is 0.490. The SMILES string of the molecule is Cc1cc(Nc2nc(N3CCCC3c3cc(-c4cccnc4)no3)ncc2Cl)n[nH]1. The number of nitrogens with one attached hydrogen (secondary N) is 2. The Bertz CT molecular complexity index is 1160. The van der Waals surface area contributed by atoms with Crippen LogP contribution in [0, 0.1) is 6.92 Å². The highest BCUT2D eigenvalue weighted by molar-refractivity contribution is 6.32. The van der Waals surface area contributed by atoms with Crippen LogP contribution in [0.25, 0.3) is 11.3 Å². The number of aryl methyl sites for hydroxylation is 1. The smallest absolute Gasteiger partial charge is 0.228 e. The average Bonchev–Trinajstić information content (AvgIpc) is 3.51. The van der Waals surface area contributed by atoms with Crippen LogP contribution >= 0.6 is 11.6 Å². The third kappa shape index (κ3) is 3.59. The van der Waals surface area contributed by atoms with E-state index in [9.17, 15) is 0 Å². The van der Waals surface area contributed by atoms with Crippen molar-refractivity contribution in [3.05, 3.63) is 59.3 Å². The molecule has 0 saturated carbocycles. The molecule has 9 nitrogen and oxygen atoms in total. The van der Waals surface area contributed by atoms with Crippen molar-refractivity contribution in [3.8, 4) is 11.3 Å². The molecule has 10 heteroatoms. The predicted octanol–water partition coefficient (Wildman–Crippen LogP) is 4.30. The number of pyridine rings is 1. The molecule has 1 fully saturated rings. The average molecular weight is 423 g/mol. The molecule has 0 radical (unpaired) electrons. The summed E-state index contributed by atoms with van der Waals surface area (Å²) in [7, 11) is 0. The van der Waals surface area contributed by atoms with Crippen LogP contribution in [0.5, 0.6) is 0 Å². The second-order valence-electron chi connectivity index (χ2n) is 7.14. The first-order valence-electron chi connectivity index (χ1n) is 9.62. The van der Waals surface area contributed by atoms with Crippen molar-refractivity contribution in [2.24, 2.45) is 0 Å². The normalized spacial score (nSPS) is 16.2. The van der Waals surface area contributed by atoms with E-state index in [-0.39, 0.29) is 6.04 Å². The van der Waals surface area contributed by atoms with Crippen LogP contribution in [0.3, 0.4) is 0 Å². The molecule has 30 heavy (non-hydrogen) atoms. The molecule has 1 saturated heterocycles. The molecule has 0 aromatic carbocycles. The third-order valence-electron chi connectivity index (χ3n) is 5.01. The number of aromatic nitrogens is 6. The van der Waals surface area contributed by atoms with Gasteiger partial charge in [-0.05, 0) is 31.9 Å². The van der Waals surface area contributed by atoms with Gasteiger partial charge in [0.25, 0.3) is 0 Å². The zero-order valence-corrected chi connectivity index (χ0v) is 17.0. The lowest BCUT2D eigenvalue weighted by atomic mass is 10.1. The number of nitrogens with zero attached hydrogens (tertiary/aromatic N) is 6. The number of H-pyrrole nitrogens is 1. The van der Waals surface area contributed by atoms with Crippen LogP contribution < -0.4 is 10.2 Å². The number of aromatic amines is 1. The number of anilines is 3. The van der Waals surface area contributed by atoms with Gasteiger partial charge in [0, 0.05) is 42.3 Å². The van der Waals surface area contributed by atoms with Crippen LogP contribution in [0.15, 0.2) is 47.4 Å². The van der Waals surface area contributed by atoms with E-state index in [0.29, 0.717) is 22.6 Å². The highest BCUT2D eigenvalue weighted by Crippen LogP contribution is 2.37. The van der Waals surface area contributed by atoms with Crippen LogP contribution in [0.4, 0.5) is 17.6 Å². The lowest BCUT2D eigenvalue weighted by Gasteiger charge is -2.23. The second-order valence-corrected chi connectivity index (χ2v) is 7.54. The number of rotatable bonds is 5. The van der Waals surface area contributed by atoms with Crippen molar-refractivity contribution in [1.82, 2.24) is 30.3 Å². The van der Waals surface area contributed by atoms with E-state index < -0.39 is 0 Å². The molecule has 1 unspecified atom stereocenters. The summed E-state index contributed by atoms with van der Waals surface area (Å²) in [5.74, 6) is 2.51. The van der Waals surface area contributed by atoms with Gasteiger partial charge in [0.1, 0.15) is 10.7 Å². The highest BCUT2D eigenvalue weighted by Gasteiger charge is 2.32. The molecule has 2 N–H and O–H groups in total. The highest BCUT2D eigenvalue weighted by atomic mass is 35.5. The summed E-state index contributed by atoms with van der Waals surface area (Å²) in [6, 6.07) is 7.68. The molecular formula is C20H19ClN8O. The monoisotopic (exact) mass is 422 g/mol. The topological polar surface area (TPSA) is 109 Å². The van der Waals surface area contributed by atoms with Crippen LogP contribution in [0.2, 0.25) is 5.02 Å². The summed E-state index contributed by atoms with van der Waals surface area (Å²) < 4.78 is 5.68. The zero-order chi connectivity index (χ0) is 20.5. The van der Waals surface area contributed by atoms with Crippen molar-refractivity contribution in [2.45, 2.75) is 25.8 Å². The van der Waals surface area contributed by atoms with E-state index in [1.165, 1.54) is 0 Å². The summed E-state index contributed by atoms with van der Waals surface area (Å²) in [5.41, 5.74) is 2.62. The van der Waals surface area contributed by atoms with E-state index in [0.717, 1.165) is 42.1 Å². The largest absolute Gasteiger partial charge is 0.359 e. The Hall–Kier alpha value is -3.46. The van der Waals surface area contributed by atoms with Crippen molar-refractivity contribution in [3.63, 3.8) is 0 Å². The van der Waals surface area contributed by atoms with E-state index >= 15 is 0 Å².